The molecule has 10 atom stereocenters. The number of nitrogens with one attached hydrogen (secondary N) is 9. The summed E-state index contributed by atoms with van der Waals surface area (Å²) in [5.41, 5.74) is 17.7. The molecular formula is C48H80N12O15. The molecule has 27 heteroatoms. The molecule has 10 unspecified atom stereocenters. The molecular weight excluding hydrogens is 985 g/mol. The lowest BCUT2D eigenvalue weighted by Crippen LogP contribution is -2.61. The third-order valence-corrected chi connectivity index (χ3v) is 11.4. The van der Waals surface area contributed by atoms with Crippen LogP contribution < -0.4 is 65.1 Å². The van der Waals surface area contributed by atoms with Crippen molar-refractivity contribution >= 4 is 65.1 Å². The number of aliphatic hydroxyl groups is 1. The maximum absolute atomic E-state index is 14.0. The highest BCUT2D eigenvalue weighted by Crippen LogP contribution is 2.14. The second-order valence-corrected chi connectivity index (χ2v) is 19.1. The molecule has 0 spiro atoms. The van der Waals surface area contributed by atoms with E-state index in [9.17, 15) is 68.1 Å². The maximum Gasteiger partial charge on any atom is 0.326 e. The normalized spacial score (nSPS) is 15.2. The van der Waals surface area contributed by atoms with Gasteiger partial charge >= 0.3 is 11.9 Å². The summed E-state index contributed by atoms with van der Waals surface area (Å²) in [5.74, 6) is -11.6. The fourth-order valence-corrected chi connectivity index (χ4v) is 7.16. The molecule has 0 radical (unpaired) electrons. The Morgan fingerprint density at radius 2 is 1.01 bits per heavy atom. The largest absolute Gasteiger partial charge is 0.508 e. The molecule has 1 aromatic rings. The molecule has 0 saturated carbocycles. The number of aliphatic carboxylic acids is 2. The Balaban J connectivity index is 3.23. The summed E-state index contributed by atoms with van der Waals surface area (Å²) in [5, 5.41) is 60.4. The highest BCUT2D eigenvalue weighted by Gasteiger charge is 2.35. The number of benzene rings is 1. The van der Waals surface area contributed by atoms with E-state index >= 15 is 0 Å². The van der Waals surface area contributed by atoms with Gasteiger partial charge in [-0.05, 0) is 108 Å². The van der Waals surface area contributed by atoms with Crippen molar-refractivity contribution in [3.8, 4) is 5.75 Å². The molecule has 1 aromatic carbocycles. The van der Waals surface area contributed by atoms with Crippen molar-refractivity contribution < 1.29 is 73.2 Å². The van der Waals surface area contributed by atoms with Crippen molar-refractivity contribution in [1.29, 1.82) is 0 Å². The molecule has 19 N–H and O–H groups in total. The third-order valence-electron chi connectivity index (χ3n) is 11.4. The monoisotopic (exact) mass is 1060 g/mol. The van der Waals surface area contributed by atoms with Crippen LogP contribution in [-0.4, -0.2) is 166 Å². The summed E-state index contributed by atoms with van der Waals surface area (Å²) in [6.45, 7) is 10.4. The molecule has 0 aliphatic carbocycles. The van der Waals surface area contributed by atoms with E-state index in [1.54, 1.807) is 39.8 Å². The lowest BCUT2D eigenvalue weighted by Gasteiger charge is -2.28. The first-order chi connectivity index (χ1) is 35.1. The SMILES string of the molecule is CC(C)CC(NC(=O)C(Cc1ccc(O)cc1)NC(=O)C(C)N)C(=O)NCC(=O)NC(CCCCN)C(=O)NC(CCCCN)C(=O)NC(C(=O)NC(C)C(=O)NC(C(=O)NC(CC(=O)O)C(=O)O)C(C)O)C(C)C. The number of amides is 9. The number of nitrogens with two attached hydrogens (primary N) is 3. The molecule has 0 bridgehead atoms. The molecule has 27 nitrogen and oxygen atoms in total. The molecule has 75 heavy (non-hydrogen) atoms. The van der Waals surface area contributed by atoms with Crippen molar-refractivity contribution in [2.75, 3.05) is 19.6 Å². The standard InChI is InChI=1S/C48H80N12O15/c1-24(2)20-33(57-45(71)34(56-40(66)26(5)51)21-29-14-16-30(62)17-15-29)42(68)52-23-36(63)54-31(12-8-10-18-49)43(69)55-32(13-9-11-19-50)44(70)59-38(25(3)4)46(72)53-27(6)41(67)60-39(28(7)61)47(73)58-35(48(74)75)22-37(64)65/h14-17,24-28,31-35,38-39,61-62H,8-13,18-23,49-51H2,1-7H3,(H,52,68)(H,53,72)(H,54,63)(H,55,69)(H,56,66)(H,57,71)(H,58,73)(H,59,70)(H,60,67)(H,64,65)(H,74,75). The zero-order valence-corrected chi connectivity index (χ0v) is 43.7. The summed E-state index contributed by atoms with van der Waals surface area (Å²) in [6.07, 6.45) is -0.820. The van der Waals surface area contributed by atoms with E-state index in [1.807, 2.05) is 5.32 Å². The molecule has 9 amide bonds. The van der Waals surface area contributed by atoms with E-state index in [4.69, 9.17) is 22.3 Å². The number of carbonyl (C=O) groups excluding carboxylic acids is 9. The summed E-state index contributed by atoms with van der Waals surface area (Å²) >= 11 is 0. The fourth-order valence-electron chi connectivity index (χ4n) is 7.16. The number of carboxylic acid groups (broad SMARTS) is 2. The number of aromatic hydroxyl groups is 1. The molecule has 0 aromatic heterocycles. The Kier molecular flexibility index (Phi) is 29.7. The molecule has 0 heterocycles. The average molecular weight is 1070 g/mol. The minimum absolute atomic E-state index is 0.0116. The van der Waals surface area contributed by atoms with Crippen molar-refractivity contribution in [1.82, 2.24) is 47.9 Å². The fraction of sp³-hybridized carbons (Fsp3) is 0.646. The van der Waals surface area contributed by atoms with Gasteiger partial charge in [-0.15, -0.1) is 0 Å². The van der Waals surface area contributed by atoms with Crippen LogP contribution in [0.25, 0.3) is 0 Å². The highest BCUT2D eigenvalue weighted by atomic mass is 16.4. The van der Waals surface area contributed by atoms with Gasteiger partial charge in [0.15, 0.2) is 0 Å². The van der Waals surface area contributed by atoms with Crippen LogP contribution in [0.2, 0.25) is 0 Å². The first-order valence-corrected chi connectivity index (χ1v) is 24.9. The molecule has 1 rings (SSSR count). The Morgan fingerprint density at radius 3 is 1.51 bits per heavy atom. The number of carbonyl (C=O) groups is 11. The van der Waals surface area contributed by atoms with E-state index in [2.05, 4.69) is 42.5 Å². The second kappa shape index (κ2) is 33.8. The lowest BCUT2D eigenvalue weighted by atomic mass is 10.0. The minimum atomic E-state index is -1.89. The Bertz CT molecular complexity index is 2090. The van der Waals surface area contributed by atoms with Crippen LogP contribution in [0, 0.1) is 11.8 Å². The highest BCUT2D eigenvalue weighted by molar-refractivity contribution is 5.98. The quantitative estimate of drug-likeness (QED) is 0.0290. The summed E-state index contributed by atoms with van der Waals surface area (Å²) < 4.78 is 0. The van der Waals surface area contributed by atoms with Gasteiger partial charge in [0.1, 0.15) is 54.1 Å². The maximum atomic E-state index is 14.0. The van der Waals surface area contributed by atoms with Crippen LogP contribution in [0.4, 0.5) is 0 Å². The Labute approximate surface area is 436 Å². The number of unbranched alkanes of at least 4 members (excludes halogenated alkanes) is 2. The van der Waals surface area contributed by atoms with Gasteiger partial charge in [-0.2, -0.15) is 0 Å². The van der Waals surface area contributed by atoms with Crippen LogP contribution in [0.3, 0.4) is 0 Å². The number of aliphatic hydroxyl groups excluding tert-OH is 1. The zero-order valence-electron chi connectivity index (χ0n) is 43.7. The minimum Gasteiger partial charge on any atom is -0.508 e. The van der Waals surface area contributed by atoms with Gasteiger partial charge in [-0.1, -0.05) is 39.8 Å². The van der Waals surface area contributed by atoms with Crippen molar-refractivity contribution in [3.05, 3.63) is 29.8 Å². The first kappa shape index (κ1) is 66.0. The smallest absolute Gasteiger partial charge is 0.326 e. The Morgan fingerprint density at radius 1 is 0.533 bits per heavy atom. The van der Waals surface area contributed by atoms with E-state index in [0.29, 0.717) is 31.2 Å². The average Bonchev–Trinajstić information content (AvgIpc) is 3.32. The van der Waals surface area contributed by atoms with Crippen molar-refractivity contribution in [2.45, 2.75) is 167 Å². The number of hydrogen-bond acceptors (Lipinski definition) is 16. The van der Waals surface area contributed by atoms with Gasteiger partial charge in [0, 0.05) is 6.42 Å². The topological polar surface area (TPSA) is 455 Å². The zero-order chi connectivity index (χ0) is 57.1. The molecule has 0 fully saturated rings. The first-order valence-electron chi connectivity index (χ1n) is 24.9. The number of phenolic OH excluding ortho intramolecular Hbond substituents is 1. The molecule has 0 aliphatic heterocycles. The van der Waals surface area contributed by atoms with Gasteiger partial charge in [0.05, 0.1) is 25.1 Å². The predicted octanol–water partition coefficient (Wildman–Crippen LogP) is -3.80. The van der Waals surface area contributed by atoms with Gasteiger partial charge in [-0.25, -0.2) is 4.79 Å². The Hall–Kier alpha value is -6.97. The van der Waals surface area contributed by atoms with Gasteiger partial charge < -0.3 is 85.5 Å². The van der Waals surface area contributed by atoms with Gasteiger partial charge in [0.2, 0.25) is 53.2 Å². The summed E-state index contributed by atoms with van der Waals surface area (Å²) in [7, 11) is 0. The number of rotatable bonds is 35. The molecule has 0 aliphatic rings. The van der Waals surface area contributed by atoms with Gasteiger partial charge in [-0.3, -0.25) is 47.9 Å². The van der Waals surface area contributed by atoms with Crippen LogP contribution in [-0.2, 0) is 59.2 Å². The van der Waals surface area contributed by atoms with Crippen LogP contribution in [0.5, 0.6) is 5.75 Å². The summed E-state index contributed by atoms with van der Waals surface area (Å²) in [6, 6.07) is -6.33. The van der Waals surface area contributed by atoms with E-state index in [-0.39, 0.29) is 50.4 Å². The predicted molar refractivity (Wildman–Crippen MR) is 271 cm³/mol. The van der Waals surface area contributed by atoms with Crippen LogP contribution in [0.15, 0.2) is 24.3 Å². The lowest BCUT2D eigenvalue weighted by molar-refractivity contribution is -0.148. The second-order valence-electron chi connectivity index (χ2n) is 19.1. The van der Waals surface area contributed by atoms with Crippen molar-refractivity contribution in [2.24, 2.45) is 29.0 Å². The van der Waals surface area contributed by atoms with Crippen LogP contribution >= 0.6 is 0 Å². The van der Waals surface area contributed by atoms with Crippen molar-refractivity contribution in [3.63, 3.8) is 0 Å². The number of carboxylic acids is 2. The van der Waals surface area contributed by atoms with E-state index in [1.165, 1.54) is 26.0 Å². The molecule has 0 saturated heterocycles. The summed E-state index contributed by atoms with van der Waals surface area (Å²) in [4.78, 5) is 143. The van der Waals surface area contributed by atoms with E-state index in [0.717, 1.165) is 6.92 Å². The number of phenols is 1. The van der Waals surface area contributed by atoms with Crippen LogP contribution in [0.1, 0.15) is 105 Å². The van der Waals surface area contributed by atoms with Gasteiger partial charge in [0.25, 0.3) is 0 Å². The third kappa shape index (κ3) is 25.2. The number of hydrogen-bond donors (Lipinski definition) is 16. The van der Waals surface area contributed by atoms with E-state index < -0.39 is 144 Å². The molecule has 422 valence electrons.